The van der Waals surface area contributed by atoms with Crippen LogP contribution in [-0.2, 0) is 26.2 Å². The Hall–Kier alpha value is -2.78. The van der Waals surface area contributed by atoms with Gasteiger partial charge in [-0.05, 0) is 73.9 Å². The van der Waals surface area contributed by atoms with Crippen LogP contribution >= 0.6 is 34.8 Å². The highest BCUT2D eigenvalue weighted by atomic mass is 35.5. The zero-order valence-corrected chi connectivity index (χ0v) is 25.6. The Balaban J connectivity index is 2.09. The SMILES string of the molecule is CCCNC(=O)C(CC)N(Cc1c(Cl)cccc1Cl)C(=O)CN(c1cccc(C)c1)S(=O)(=O)c1ccc(Cl)cc1. The molecule has 11 heteroatoms. The maximum atomic E-state index is 14.1. The van der Waals surface area contributed by atoms with E-state index in [1.165, 1.54) is 29.2 Å². The van der Waals surface area contributed by atoms with Crippen molar-refractivity contribution in [2.75, 3.05) is 17.4 Å². The molecule has 0 radical (unpaired) electrons. The topological polar surface area (TPSA) is 86.8 Å². The number of hydrogen-bond donors (Lipinski definition) is 1. The summed E-state index contributed by atoms with van der Waals surface area (Å²) >= 11 is 18.9. The Morgan fingerprint density at radius 1 is 0.925 bits per heavy atom. The third kappa shape index (κ3) is 7.69. The predicted octanol–water partition coefficient (Wildman–Crippen LogP) is 6.48. The van der Waals surface area contributed by atoms with Gasteiger partial charge in [-0.15, -0.1) is 0 Å². The second-order valence-corrected chi connectivity index (χ2v) is 12.4. The summed E-state index contributed by atoms with van der Waals surface area (Å²) in [6, 6.07) is 16.7. The number of rotatable bonds is 12. The maximum absolute atomic E-state index is 14.1. The zero-order valence-electron chi connectivity index (χ0n) is 22.5. The molecule has 1 N–H and O–H groups in total. The smallest absolute Gasteiger partial charge is 0.264 e. The number of sulfonamides is 1. The Kier molecular flexibility index (Phi) is 11.3. The molecule has 1 atom stereocenters. The fourth-order valence-electron chi connectivity index (χ4n) is 4.18. The fourth-order valence-corrected chi connectivity index (χ4v) is 6.23. The largest absolute Gasteiger partial charge is 0.354 e. The van der Waals surface area contributed by atoms with Crippen molar-refractivity contribution in [1.29, 1.82) is 0 Å². The highest BCUT2D eigenvalue weighted by Gasteiger charge is 2.34. The molecule has 3 aromatic carbocycles. The number of nitrogens with zero attached hydrogens (tertiary/aromatic N) is 2. The molecule has 0 aliphatic rings. The first-order valence-electron chi connectivity index (χ1n) is 12.8. The number of nitrogens with one attached hydrogen (secondary N) is 1. The lowest BCUT2D eigenvalue weighted by atomic mass is 10.1. The number of carbonyl (C=O) groups is 2. The summed E-state index contributed by atoms with van der Waals surface area (Å²) in [6.07, 6.45) is 1.00. The van der Waals surface area contributed by atoms with Crippen LogP contribution in [0.3, 0.4) is 0 Å². The average molecular weight is 625 g/mol. The summed E-state index contributed by atoms with van der Waals surface area (Å²) in [5.41, 5.74) is 1.58. The molecule has 2 amide bonds. The van der Waals surface area contributed by atoms with Crippen LogP contribution in [0.4, 0.5) is 5.69 Å². The monoisotopic (exact) mass is 623 g/mol. The van der Waals surface area contributed by atoms with E-state index in [4.69, 9.17) is 34.8 Å². The van der Waals surface area contributed by atoms with E-state index >= 15 is 0 Å². The van der Waals surface area contributed by atoms with Gasteiger partial charge in [0.05, 0.1) is 10.6 Å². The fraction of sp³-hybridized carbons (Fsp3) is 0.310. The molecular formula is C29H32Cl3N3O4S. The number of anilines is 1. The van der Waals surface area contributed by atoms with Crippen molar-refractivity contribution < 1.29 is 18.0 Å². The lowest BCUT2D eigenvalue weighted by molar-refractivity contribution is -0.140. The van der Waals surface area contributed by atoms with Crippen LogP contribution in [0.25, 0.3) is 0 Å². The van der Waals surface area contributed by atoms with Gasteiger partial charge >= 0.3 is 0 Å². The van der Waals surface area contributed by atoms with Gasteiger partial charge in [0, 0.05) is 33.7 Å². The minimum absolute atomic E-state index is 0.0281. The van der Waals surface area contributed by atoms with Gasteiger partial charge in [-0.2, -0.15) is 0 Å². The van der Waals surface area contributed by atoms with Crippen LogP contribution in [-0.4, -0.2) is 44.3 Å². The Bertz CT molecular complexity index is 1430. The summed E-state index contributed by atoms with van der Waals surface area (Å²) in [5.74, 6) is -0.933. The molecule has 3 aromatic rings. The van der Waals surface area contributed by atoms with Gasteiger partial charge in [0.25, 0.3) is 10.0 Å². The number of hydrogen-bond acceptors (Lipinski definition) is 4. The van der Waals surface area contributed by atoms with E-state index in [1.54, 1.807) is 43.3 Å². The number of benzene rings is 3. The second kappa shape index (κ2) is 14.2. The highest BCUT2D eigenvalue weighted by Crippen LogP contribution is 2.29. The Morgan fingerprint density at radius 2 is 1.55 bits per heavy atom. The van der Waals surface area contributed by atoms with Gasteiger partial charge in [-0.25, -0.2) is 8.42 Å². The van der Waals surface area contributed by atoms with Gasteiger partial charge in [0.1, 0.15) is 12.6 Å². The third-order valence-electron chi connectivity index (χ3n) is 6.30. The van der Waals surface area contributed by atoms with Crippen molar-refractivity contribution in [3.63, 3.8) is 0 Å². The first-order chi connectivity index (χ1) is 19.0. The first kappa shape index (κ1) is 31.7. The standard InChI is InChI=1S/C29H32Cl3N3O4S/c1-4-16-33-29(37)27(5-2)34(18-24-25(31)10-7-11-26(24)32)28(36)19-35(22-9-6-8-20(3)17-22)40(38,39)23-14-12-21(30)13-15-23/h6-15,17,27H,4-5,16,18-19H2,1-3H3,(H,33,37). The predicted molar refractivity (Wildman–Crippen MR) is 162 cm³/mol. The van der Waals surface area contributed by atoms with E-state index in [9.17, 15) is 18.0 Å². The van der Waals surface area contributed by atoms with Gasteiger partial charge in [-0.1, -0.05) is 66.8 Å². The quantitative estimate of drug-likeness (QED) is 0.250. The Labute approximate surface area is 251 Å². The lowest BCUT2D eigenvalue weighted by Crippen LogP contribution is -2.52. The van der Waals surface area contributed by atoms with Crippen LogP contribution in [0.2, 0.25) is 15.1 Å². The van der Waals surface area contributed by atoms with Crippen molar-refractivity contribution >= 4 is 62.3 Å². The molecule has 0 saturated carbocycles. The molecule has 7 nitrogen and oxygen atoms in total. The summed E-state index contributed by atoms with van der Waals surface area (Å²) in [7, 11) is -4.20. The molecule has 0 aliphatic heterocycles. The van der Waals surface area contributed by atoms with Crippen molar-refractivity contribution in [3.8, 4) is 0 Å². The maximum Gasteiger partial charge on any atom is 0.264 e. The van der Waals surface area contributed by atoms with Gasteiger partial charge in [0.15, 0.2) is 0 Å². The number of amides is 2. The normalized spacial score (nSPS) is 12.1. The molecule has 0 bridgehead atoms. The minimum atomic E-state index is -4.20. The minimum Gasteiger partial charge on any atom is -0.354 e. The van der Waals surface area contributed by atoms with Gasteiger partial charge in [-0.3, -0.25) is 13.9 Å². The Morgan fingerprint density at radius 3 is 2.12 bits per heavy atom. The van der Waals surface area contributed by atoms with Crippen LogP contribution in [0, 0.1) is 6.92 Å². The molecule has 0 fully saturated rings. The molecule has 0 saturated heterocycles. The van der Waals surface area contributed by atoms with E-state index < -0.39 is 28.5 Å². The molecule has 0 aromatic heterocycles. The van der Waals surface area contributed by atoms with Crippen LogP contribution in [0.15, 0.2) is 71.6 Å². The second-order valence-electron chi connectivity index (χ2n) is 9.24. The number of halogens is 3. The zero-order chi connectivity index (χ0) is 29.4. The summed E-state index contributed by atoms with van der Waals surface area (Å²) in [5, 5.41) is 3.89. The van der Waals surface area contributed by atoms with Crippen molar-refractivity contribution in [2.24, 2.45) is 0 Å². The molecule has 0 spiro atoms. The third-order valence-corrected chi connectivity index (χ3v) is 9.04. The summed E-state index contributed by atoms with van der Waals surface area (Å²) < 4.78 is 28.8. The van der Waals surface area contributed by atoms with Crippen molar-refractivity contribution in [3.05, 3.63) is 92.9 Å². The lowest BCUT2D eigenvalue weighted by Gasteiger charge is -2.33. The van der Waals surface area contributed by atoms with Crippen LogP contribution < -0.4 is 9.62 Å². The van der Waals surface area contributed by atoms with Crippen LogP contribution in [0.5, 0.6) is 0 Å². The van der Waals surface area contributed by atoms with E-state index in [2.05, 4.69) is 5.32 Å². The average Bonchev–Trinajstić information content (AvgIpc) is 2.92. The van der Waals surface area contributed by atoms with E-state index in [-0.39, 0.29) is 23.8 Å². The summed E-state index contributed by atoms with van der Waals surface area (Å²) in [6.45, 7) is 5.33. The van der Waals surface area contributed by atoms with Crippen molar-refractivity contribution in [2.45, 2.75) is 51.1 Å². The molecule has 0 aliphatic carbocycles. The van der Waals surface area contributed by atoms with Crippen molar-refractivity contribution in [1.82, 2.24) is 10.2 Å². The number of aryl methyl sites for hydroxylation is 1. The van der Waals surface area contributed by atoms with Gasteiger partial charge in [0.2, 0.25) is 11.8 Å². The van der Waals surface area contributed by atoms with Gasteiger partial charge < -0.3 is 10.2 Å². The summed E-state index contributed by atoms with van der Waals surface area (Å²) in [4.78, 5) is 28.6. The highest BCUT2D eigenvalue weighted by molar-refractivity contribution is 7.92. The first-order valence-corrected chi connectivity index (χ1v) is 15.4. The van der Waals surface area contributed by atoms with E-state index in [0.717, 1.165) is 9.87 Å². The molecule has 3 rings (SSSR count). The molecule has 40 heavy (non-hydrogen) atoms. The van der Waals surface area contributed by atoms with E-state index in [1.807, 2.05) is 19.9 Å². The molecule has 1 unspecified atom stereocenters. The molecular weight excluding hydrogens is 593 g/mol. The molecule has 214 valence electrons. The number of carbonyl (C=O) groups excluding carboxylic acids is 2. The van der Waals surface area contributed by atoms with E-state index in [0.29, 0.717) is 39.3 Å². The van der Waals surface area contributed by atoms with Crippen LogP contribution in [0.1, 0.15) is 37.8 Å². The molecule has 0 heterocycles.